The Balaban J connectivity index is 2.38. The highest BCUT2D eigenvalue weighted by atomic mass is 16.5. The van der Waals surface area contributed by atoms with Crippen molar-refractivity contribution in [1.29, 1.82) is 0 Å². The van der Waals surface area contributed by atoms with E-state index in [0.29, 0.717) is 12.0 Å². The molecule has 1 aliphatic heterocycles. The van der Waals surface area contributed by atoms with E-state index in [1.807, 2.05) is 0 Å². The molecule has 0 amide bonds. The normalized spacial score (nSPS) is 20.8. The molecule has 0 radical (unpaired) electrons. The zero-order valence-corrected chi connectivity index (χ0v) is 10.2. The lowest BCUT2D eigenvalue weighted by atomic mass is 9.84. The van der Waals surface area contributed by atoms with E-state index in [9.17, 15) is 0 Å². The van der Waals surface area contributed by atoms with E-state index in [1.54, 1.807) is 0 Å². The fraction of sp³-hybridized carbons (Fsp3) is 1.00. The van der Waals surface area contributed by atoms with Gasteiger partial charge in [-0.05, 0) is 31.1 Å². The van der Waals surface area contributed by atoms with Crippen LogP contribution in [0.4, 0.5) is 0 Å². The van der Waals surface area contributed by atoms with Crippen molar-refractivity contribution in [1.82, 2.24) is 5.43 Å². The Bertz CT molecular complexity index is 154. The highest BCUT2D eigenvalue weighted by molar-refractivity contribution is 4.78. The van der Waals surface area contributed by atoms with Gasteiger partial charge in [-0.2, -0.15) is 0 Å². The van der Waals surface area contributed by atoms with Crippen LogP contribution in [-0.2, 0) is 4.74 Å². The Morgan fingerprint density at radius 1 is 1.27 bits per heavy atom. The molecule has 1 rings (SSSR count). The first-order valence-corrected chi connectivity index (χ1v) is 6.35. The second-order valence-electron chi connectivity index (χ2n) is 4.64. The number of hydrogen-bond acceptors (Lipinski definition) is 3. The van der Waals surface area contributed by atoms with E-state index in [1.165, 1.54) is 19.3 Å². The third-order valence-corrected chi connectivity index (χ3v) is 3.79. The summed E-state index contributed by atoms with van der Waals surface area (Å²) in [4.78, 5) is 0. The Labute approximate surface area is 93.7 Å². The molecule has 1 fully saturated rings. The molecule has 0 saturated carbocycles. The van der Waals surface area contributed by atoms with Crippen molar-refractivity contribution in [2.75, 3.05) is 13.2 Å². The molecule has 0 spiro atoms. The van der Waals surface area contributed by atoms with E-state index in [4.69, 9.17) is 10.6 Å². The number of hydrazine groups is 1. The van der Waals surface area contributed by atoms with Gasteiger partial charge in [0.05, 0.1) is 0 Å². The number of ether oxygens (including phenoxy) is 1. The minimum absolute atomic E-state index is 0.485. The Hall–Kier alpha value is -0.120. The fourth-order valence-corrected chi connectivity index (χ4v) is 2.50. The SMILES string of the molecule is CCC(CC)CC(NN)C1CCOCC1. The molecule has 0 aromatic carbocycles. The Kier molecular flexibility index (Phi) is 6.22. The smallest absolute Gasteiger partial charge is 0.0469 e. The zero-order valence-electron chi connectivity index (χ0n) is 10.2. The highest BCUT2D eigenvalue weighted by Crippen LogP contribution is 2.25. The standard InChI is InChI=1S/C12H26N2O/c1-3-10(4-2)9-12(14-13)11-5-7-15-8-6-11/h10-12,14H,3-9,13H2,1-2H3. The van der Waals surface area contributed by atoms with Crippen LogP contribution in [0.15, 0.2) is 0 Å². The van der Waals surface area contributed by atoms with Crippen LogP contribution >= 0.6 is 0 Å². The second-order valence-corrected chi connectivity index (χ2v) is 4.64. The van der Waals surface area contributed by atoms with Gasteiger partial charge in [0.25, 0.3) is 0 Å². The molecule has 1 aliphatic rings. The fourth-order valence-electron chi connectivity index (χ4n) is 2.50. The number of nitrogens with two attached hydrogens (primary N) is 1. The summed E-state index contributed by atoms with van der Waals surface area (Å²) in [7, 11) is 0. The summed E-state index contributed by atoms with van der Waals surface area (Å²) >= 11 is 0. The summed E-state index contributed by atoms with van der Waals surface area (Å²) in [5.74, 6) is 7.20. The van der Waals surface area contributed by atoms with E-state index in [0.717, 1.165) is 32.0 Å². The van der Waals surface area contributed by atoms with Crippen LogP contribution in [0, 0.1) is 11.8 Å². The van der Waals surface area contributed by atoms with E-state index < -0.39 is 0 Å². The van der Waals surface area contributed by atoms with Gasteiger partial charge in [-0.3, -0.25) is 11.3 Å². The molecule has 0 bridgehead atoms. The van der Waals surface area contributed by atoms with Crippen molar-refractivity contribution in [2.24, 2.45) is 17.7 Å². The van der Waals surface area contributed by atoms with Gasteiger partial charge in [0.2, 0.25) is 0 Å². The third kappa shape index (κ3) is 4.09. The van der Waals surface area contributed by atoms with Crippen molar-refractivity contribution in [3.05, 3.63) is 0 Å². The van der Waals surface area contributed by atoms with E-state index in [2.05, 4.69) is 19.3 Å². The maximum atomic E-state index is 5.67. The lowest BCUT2D eigenvalue weighted by molar-refractivity contribution is 0.0499. The van der Waals surface area contributed by atoms with Crippen LogP contribution in [0.25, 0.3) is 0 Å². The Morgan fingerprint density at radius 3 is 2.33 bits per heavy atom. The molecular weight excluding hydrogens is 188 g/mol. The van der Waals surface area contributed by atoms with Crippen LogP contribution in [0.5, 0.6) is 0 Å². The van der Waals surface area contributed by atoms with E-state index in [-0.39, 0.29) is 0 Å². The van der Waals surface area contributed by atoms with Crippen LogP contribution in [0.1, 0.15) is 46.0 Å². The molecule has 0 aromatic heterocycles. The minimum atomic E-state index is 0.485. The van der Waals surface area contributed by atoms with Crippen molar-refractivity contribution in [3.8, 4) is 0 Å². The molecule has 1 heterocycles. The minimum Gasteiger partial charge on any atom is -0.381 e. The molecule has 1 unspecified atom stereocenters. The molecule has 0 aliphatic carbocycles. The van der Waals surface area contributed by atoms with Gasteiger partial charge >= 0.3 is 0 Å². The lowest BCUT2D eigenvalue weighted by Crippen LogP contribution is -2.44. The first kappa shape index (κ1) is 12.9. The van der Waals surface area contributed by atoms with Crippen molar-refractivity contribution in [2.45, 2.75) is 52.0 Å². The molecular formula is C12H26N2O. The van der Waals surface area contributed by atoms with Gasteiger partial charge in [0.15, 0.2) is 0 Å². The lowest BCUT2D eigenvalue weighted by Gasteiger charge is -2.31. The van der Waals surface area contributed by atoms with Crippen LogP contribution in [0.3, 0.4) is 0 Å². The summed E-state index contributed by atoms with van der Waals surface area (Å²) < 4.78 is 5.38. The van der Waals surface area contributed by atoms with Gasteiger partial charge in [0.1, 0.15) is 0 Å². The molecule has 3 nitrogen and oxygen atoms in total. The quantitative estimate of drug-likeness (QED) is 0.525. The third-order valence-electron chi connectivity index (χ3n) is 3.79. The van der Waals surface area contributed by atoms with Crippen molar-refractivity contribution in [3.63, 3.8) is 0 Å². The largest absolute Gasteiger partial charge is 0.381 e. The van der Waals surface area contributed by atoms with E-state index >= 15 is 0 Å². The van der Waals surface area contributed by atoms with Gasteiger partial charge in [-0.15, -0.1) is 0 Å². The zero-order chi connectivity index (χ0) is 11.1. The van der Waals surface area contributed by atoms with Crippen molar-refractivity contribution < 1.29 is 4.74 Å². The topological polar surface area (TPSA) is 47.3 Å². The summed E-state index contributed by atoms with van der Waals surface area (Å²) in [5, 5.41) is 0. The second kappa shape index (κ2) is 7.20. The van der Waals surface area contributed by atoms with Gasteiger partial charge < -0.3 is 4.74 Å². The van der Waals surface area contributed by atoms with Gasteiger partial charge in [0, 0.05) is 19.3 Å². The summed E-state index contributed by atoms with van der Waals surface area (Å²) in [5.41, 5.74) is 3.02. The summed E-state index contributed by atoms with van der Waals surface area (Å²) in [6.45, 7) is 6.36. The molecule has 15 heavy (non-hydrogen) atoms. The maximum absolute atomic E-state index is 5.67. The molecule has 3 heteroatoms. The van der Waals surface area contributed by atoms with Crippen LogP contribution in [0.2, 0.25) is 0 Å². The highest BCUT2D eigenvalue weighted by Gasteiger charge is 2.24. The van der Waals surface area contributed by atoms with Crippen LogP contribution in [-0.4, -0.2) is 19.3 Å². The summed E-state index contributed by atoms with van der Waals surface area (Å²) in [6, 6.07) is 0.485. The first-order chi connectivity index (χ1) is 7.31. The molecule has 3 N–H and O–H groups in total. The number of hydrogen-bond donors (Lipinski definition) is 2. The molecule has 90 valence electrons. The number of rotatable bonds is 6. The summed E-state index contributed by atoms with van der Waals surface area (Å²) in [6.07, 6.45) is 6.06. The van der Waals surface area contributed by atoms with Gasteiger partial charge in [-0.25, -0.2) is 0 Å². The first-order valence-electron chi connectivity index (χ1n) is 6.35. The van der Waals surface area contributed by atoms with Crippen molar-refractivity contribution >= 4 is 0 Å². The monoisotopic (exact) mass is 214 g/mol. The molecule has 1 atom stereocenters. The van der Waals surface area contributed by atoms with Gasteiger partial charge in [-0.1, -0.05) is 26.7 Å². The average Bonchev–Trinajstić information content (AvgIpc) is 2.32. The predicted molar refractivity (Wildman–Crippen MR) is 63.3 cm³/mol. The Morgan fingerprint density at radius 2 is 1.87 bits per heavy atom. The number of nitrogens with one attached hydrogen (secondary N) is 1. The maximum Gasteiger partial charge on any atom is 0.0469 e. The predicted octanol–water partition coefficient (Wildman–Crippen LogP) is 2.07. The van der Waals surface area contributed by atoms with Crippen LogP contribution < -0.4 is 11.3 Å². The molecule has 0 aromatic rings. The molecule has 1 saturated heterocycles. The average molecular weight is 214 g/mol.